The average molecular weight is 449 g/mol. The van der Waals surface area contributed by atoms with Crippen molar-refractivity contribution in [2.24, 2.45) is 0 Å². The highest BCUT2D eigenvalue weighted by Crippen LogP contribution is 2.32. The lowest BCUT2D eigenvalue weighted by Gasteiger charge is -2.22. The number of hydrogen-bond donors (Lipinski definition) is 2. The van der Waals surface area contributed by atoms with Gasteiger partial charge in [-0.15, -0.1) is 0 Å². The van der Waals surface area contributed by atoms with Crippen molar-refractivity contribution < 1.29 is 18.8 Å². The van der Waals surface area contributed by atoms with Crippen LogP contribution >= 0.6 is 0 Å². The minimum atomic E-state index is -0.328. The molecule has 8 heteroatoms. The van der Waals surface area contributed by atoms with Crippen LogP contribution in [0.4, 0.5) is 0 Å². The molecule has 0 aliphatic carbocycles. The third-order valence-electron chi connectivity index (χ3n) is 5.83. The fourth-order valence-electron chi connectivity index (χ4n) is 3.87. The number of methoxy groups -OCH3 is 2. The molecule has 2 N–H and O–H groups in total. The Morgan fingerprint density at radius 2 is 1.88 bits per heavy atom. The second-order valence-corrected chi connectivity index (χ2v) is 7.96. The first kappa shape index (κ1) is 22.4. The molecule has 33 heavy (non-hydrogen) atoms. The number of carbonyl (C=O) groups excluding carboxylic acids is 1. The Morgan fingerprint density at radius 3 is 2.61 bits per heavy atom. The number of nitrogens with one attached hydrogen (secondary N) is 2. The number of aromatic nitrogens is 1. The van der Waals surface area contributed by atoms with Crippen molar-refractivity contribution >= 4 is 5.91 Å². The molecule has 0 unspecified atom stereocenters. The van der Waals surface area contributed by atoms with E-state index in [9.17, 15) is 4.79 Å². The van der Waals surface area contributed by atoms with Gasteiger partial charge in [-0.3, -0.25) is 4.79 Å². The smallest absolute Gasteiger partial charge is 0.277 e. The molecule has 0 radical (unpaired) electrons. The lowest BCUT2D eigenvalue weighted by Crippen LogP contribution is -2.37. The maximum Gasteiger partial charge on any atom is 0.277 e. The summed E-state index contributed by atoms with van der Waals surface area (Å²) in [5.74, 6) is 1.31. The number of benzene rings is 2. The van der Waals surface area contributed by atoms with E-state index in [4.69, 9.17) is 14.0 Å². The highest BCUT2D eigenvalue weighted by atomic mass is 16.5. The third kappa shape index (κ3) is 4.56. The molecule has 0 saturated carbocycles. The lowest BCUT2D eigenvalue weighted by molar-refractivity contribution is 0.0954. The predicted molar refractivity (Wildman–Crippen MR) is 125 cm³/mol. The number of allylic oxidation sites excluding steroid dienone is 1. The molecule has 1 atom stereocenters. The van der Waals surface area contributed by atoms with Gasteiger partial charge in [-0.1, -0.05) is 29.4 Å². The number of carbonyl (C=O) groups is 1. The summed E-state index contributed by atoms with van der Waals surface area (Å²) in [6.45, 7) is 6.80. The van der Waals surface area contributed by atoms with Gasteiger partial charge >= 0.3 is 0 Å². The Kier molecular flexibility index (Phi) is 6.37. The topological polar surface area (TPSA) is 88.9 Å². The minimum absolute atomic E-state index is 0.0461. The van der Waals surface area contributed by atoms with Crippen LogP contribution in [-0.4, -0.2) is 36.3 Å². The highest BCUT2D eigenvalue weighted by molar-refractivity contribution is 5.94. The van der Waals surface area contributed by atoms with Gasteiger partial charge in [-0.05, 0) is 50.1 Å². The maximum absolute atomic E-state index is 12.9. The molecule has 1 aromatic heterocycles. The monoisotopic (exact) mass is 448 g/mol. The molecule has 2 heterocycles. The van der Waals surface area contributed by atoms with E-state index in [0.29, 0.717) is 23.8 Å². The number of hydrazine groups is 1. The summed E-state index contributed by atoms with van der Waals surface area (Å²) in [6, 6.07) is 15.2. The zero-order valence-electron chi connectivity index (χ0n) is 19.4. The van der Waals surface area contributed by atoms with Crippen molar-refractivity contribution in [2.75, 3.05) is 14.2 Å². The van der Waals surface area contributed by atoms with Gasteiger partial charge in [0.2, 0.25) is 0 Å². The molecular weight excluding hydrogens is 420 g/mol. The molecule has 2 aromatic carbocycles. The van der Waals surface area contributed by atoms with Crippen molar-refractivity contribution in [3.05, 3.63) is 76.7 Å². The summed E-state index contributed by atoms with van der Waals surface area (Å²) >= 11 is 0. The van der Waals surface area contributed by atoms with E-state index < -0.39 is 0 Å². The molecule has 1 amide bonds. The average Bonchev–Trinajstić information content (AvgIpc) is 3.41. The zero-order chi connectivity index (χ0) is 23.5. The molecule has 1 aliphatic rings. The first-order valence-electron chi connectivity index (χ1n) is 10.7. The molecule has 0 bridgehead atoms. The van der Waals surface area contributed by atoms with Crippen LogP contribution in [0.15, 0.2) is 64.4 Å². The fourth-order valence-corrected chi connectivity index (χ4v) is 3.87. The molecule has 4 rings (SSSR count). The van der Waals surface area contributed by atoms with Crippen LogP contribution in [0, 0.1) is 6.92 Å². The van der Waals surface area contributed by atoms with Crippen LogP contribution in [0.5, 0.6) is 11.5 Å². The van der Waals surface area contributed by atoms with Crippen molar-refractivity contribution in [1.82, 2.24) is 20.9 Å². The SMILES string of the molecule is COc1ccc(-c2cc(C(=O)NC3=C(C)N(Cc4ccccc4C)N[C@H]3C)no2)cc1OC. The Balaban J connectivity index is 1.50. The number of hydrogen-bond acceptors (Lipinski definition) is 7. The standard InChI is InChI=1S/C25H28N4O4/c1-15-8-6-7-9-19(15)14-29-17(3)24(16(2)27-29)26-25(30)20-13-22(33-28-20)18-10-11-21(31-4)23(12-18)32-5/h6-13,16,27H,14H2,1-5H3,(H,26,30)/t16-/m0/s1. The van der Waals surface area contributed by atoms with Gasteiger partial charge in [0.15, 0.2) is 23.0 Å². The molecule has 1 aliphatic heterocycles. The van der Waals surface area contributed by atoms with Crippen molar-refractivity contribution in [1.29, 1.82) is 0 Å². The van der Waals surface area contributed by atoms with Crippen LogP contribution < -0.4 is 20.2 Å². The van der Waals surface area contributed by atoms with E-state index in [1.807, 2.05) is 32.0 Å². The van der Waals surface area contributed by atoms with E-state index in [-0.39, 0.29) is 17.6 Å². The highest BCUT2D eigenvalue weighted by Gasteiger charge is 2.28. The Morgan fingerprint density at radius 1 is 1.12 bits per heavy atom. The molecule has 0 spiro atoms. The number of aryl methyl sites for hydroxylation is 1. The predicted octanol–water partition coefficient (Wildman–Crippen LogP) is 4.04. The molecular formula is C25H28N4O4. The number of rotatable bonds is 7. The van der Waals surface area contributed by atoms with Crippen molar-refractivity contribution in [3.8, 4) is 22.8 Å². The summed E-state index contributed by atoms with van der Waals surface area (Å²) in [4.78, 5) is 12.9. The maximum atomic E-state index is 12.9. The lowest BCUT2D eigenvalue weighted by atomic mass is 10.1. The van der Waals surface area contributed by atoms with Crippen LogP contribution in [0.25, 0.3) is 11.3 Å². The van der Waals surface area contributed by atoms with Gasteiger partial charge in [0.05, 0.1) is 32.5 Å². The second kappa shape index (κ2) is 9.38. The fraction of sp³-hybridized carbons (Fsp3) is 0.280. The van der Waals surface area contributed by atoms with E-state index >= 15 is 0 Å². The van der Waals surface area contributed by atoms with Crippen LogP contribution in [0.3, 0.4) is 0 Å². The van der Waals surface area contributed by atoms with Crippen LogP contribution in [0.1, 0.15) is 35.5 Å². The number of nitrogens with zero attached hydrogens (tertiary/aromatic N) is 2. The van der Waals surface area contributed by atoms with Crippen LogP contribution in [-0.2, 0) is 6.54 Å². The van der Waals surface area contributed by atoms with Gasteiger partial charge in [-0.25, -0.2) is 5.43 Å². The number of ether oxygens (including phenoxy) is 2. The summed E-state index contributed by atoms with van der Waals surface area (Å²) in [5.41, 5.74) is 8.56. The Labute approximate surface area is 193 Å². The van der Waals surface area contributed by atoms with Crippen molar-refractivity contribution in [3.63, 3.8) is 0 Å². The van der Waals surface area contributed by atoms with E-state index in [2.05, 4.69) is 40.0 Å². The quantitative estimate of drug-likeness (QED) is 0.564. The second-order valence-electron chi connectivity index (χ2n) is 7.96. The minimum Gasteiger partial charge on any atom is -0.493 e. The molecule has 172 valence electrons. The van der Waals surface area contributed by atoms with Gasteiger partial charge in [-0.2, -0.15) is 0 Å². The van der Waals surface area contributed by atoms with Gasteiger partial charge in [0, 0.05) is 17.3 Å². The van der Waals surface area contributed by atoms with Gasteiger partial charge in [0.25, 0.3) is 5.91 Å². The largest absolute Gasteiger partial charge is 0.493 e. The first-order chi connectivity index (χ1) is 15.9. The van der Waals surface area contributed by atoms with Gasteiger partial charge in [0.1, 0.15) is 0 Å². The van der Waals surface area contributed by atoms with E-state index in [1.54, 1.807) is 32.4 Å². The van der Waals surface area contributed by atoms with Gasteiger partial charge < -0.3 is 24.3 Å². The zero-order valence-corrected chi connectivity index (χ0v) is 19.4. The molecule has 0 saturated heterocycles. The Hall–Kier alpha value is -3.78. The molecule has 8 nitrogen and oxygen atoms in total. The summed E-state index contributed by atoms with van der Waals surface area (Å²) in [5, 5.41) is 9.02. The summed E-state index contributed by atoms with van der Waals surface area (Å²) in [6.07, 6.45) is 0. The first-order valence-corrected chi connectivity index (χ1v) is 10.7. The van der Waals surface area contributed by atoms with Crippen molar-refractivity contribution in [2.45, 2.75) is 33.4 Å². The summed E-state index contributed by atoms with van der Waals surface area (Å²) < 4.78 is 16.0. The third-order valence-corrected chi connectivity index (χ3v) is 5.83. The number of amides is 1. The van der Waals surface area contributed by atoms with E-state index in [1.165, 1.54) is 11.1 Å². The molecule has 3 aromatic rings. The Bertz CT molecular complexity index is 1200. The normalized spacial score (nSPS) is 15.7. The summed E-state index contributed by atoms with van der Waals surface area (Å²) in [7, 11) is 3.14. The van der Waals surface area contributed by atoms with Crippen LogP contribution in [0.2, 0.25) is 0 Å². The van der Waals surface area contributed by atoms with E-state index in [0.717, 1.165) is 17.0 Å². The molecule has 0 fully saturated rings.